The van der Waals surface area contributed by atoms with Gasteiger partial charge in [0, 0.05) is 61.7 Å². The number of para-hydroxylation sites is 1. The molecule has 0 spiro atoms. The predicted molar refractivity (Wildman–Crippen MR) is 96.4 cm³/mol. The lowest BCUT2D eigenvalue weighted by molar-refractivity contribution is -0.689. The summed E-state index contributed by atoms with van der Waals surface area (Å²) in [6.45, 7) is 1.07. The summed E-state index contributed by atoms with van der Waals surface area (Å²) in [4.78, 5) is 2.21. The molecule has 0 amide bonds. The molecule has 3 nitrogen and oxygen atoms in total. The van der Waals surface area contributed by atoms with Gasteiger partial charge in [0.25, 0.3) is 0 Å². The Balaban J connectivity index is 1.97. The lowest BCUT2D eigenvalue weighted by Gasteiger charge is -2.15. The summed E-state index contributed by atoms with van der Waals surface area (Å²) in [5.74, 6) is 1.26. The Morgan fingerprint density at radius 3 is 2.70 bits per heavy atom. The van der Waals surface area contributed by atoms with Crippen LogP contribution in [-0.2, 0) is 13.6 Å². The van der Waals surface area contributed by atoms with Crippen molar-refractivity contribution in [1.82, 2.24) is 4.57 Å². The van der Waals surface area contributed by atoms with Crippen LogP contribution < -0.4 is 9.47 Å². The average molecular weight is 304 g/mol. The fourth-order valence-corrected chi connectivity index (χ4v) is 3.74. The van der Waals surface area contributed by atoms with E-state index in [0.717, 1.165) is 13.0 Å². The largest absolute Gasteiger partial charge is 0.364 e. The maximum absolute atomic E-state index is 2.39. The molecule has 0 bridgehead atoms. The van der Waals surface area contributed by atoms with E-state index in [0.29, 0.717) is 0 Å². The number of allylic oxidation sites excluding steroid dienone is 1. The van der Waals surface area contributed by atoms with Crippen molar-refractivity contribution in [1.29, 1.82) is 0 Å². The van der Waals surface area contributed by atoms with Crippen molar-refractivity contribution in [3.8, 4) is 0 Å². The lowest BCUT2D eigenvalue weighted by Crippen LogP contribution is -2.31. The Labute approximate surface area is 137 Å². The third kappa shape index (κ3) is 2.15. The number of hydrogen-bond acceptors (Lipinski definition) is 1. The van der Waals surface area contributed by atoms with Crippen LogP contribution in [0.15, 0.2) is 48.7 Å². The zero-order valence-electron chi connectivity index (χ0n) is 14.0. The van der Waals surface area contributed by atoms with E-state index in [1.807, 2.05) is 0 Å². The second-order valence-corrected chi connectivity index (χ2v) is 6.41. The number of benzene rings is 1. The molecule has 116 valence electrons. The fraction of sp³-hybridized carbons (Fsp3) is 0.250. The van der Waals surface area contributed by atoms with Crippen LogP contribution in [0.2, 0.25) is 0 Å². The monoisotopic (exact) mass is 304 g/mol. The predicted octanol–water partition coefficient (Wildman–Crippen LogP) is 3.48. The third-order valence-corrected chi connectivity index (χ3v) is 4.75. The van der Waals surface area contributed by atoms with Crippen molar-refractivity contribution >= 4 is 28.4 Å². The maximum atomic E-state index is 2.39. The summed E-state index contributed by atoms with van der Waals surface area (Å²) in [5, 5.41) is 1.32. The van der Waals surface area contributed by atoms with Gasteiger partial charge in [-0.1, -0.05) is 18.2 Å². The molecule has 1 aliphatic heterocycles. The smallest absolute Gasteiger partial charge is 0.208 e. The van der Waals surface area contributed by atoms with Crippen molar-refractivity contribution in [3.63, 3.8) is 0 Å². The summed E-state index contributed by atoms with van der Waals surface area (Å²) >= 11 is 0. The Morgan fingerprint density at radius 1 is 1.09 bits per heavy atom. The Morgan fingerprint density at radius 2 is 1.87 bits per heavy atom. The van der Waals surface area contributed by atoms with Crippen LogP contribution in [-0.4, -0.2) is 18.7 Å². The van der Waals surface area contributed by atoms with Crippen molar-refractivity contribution in [3.05, 3.63) is 59.9 Å². The van der Waals surface area contributed by atoms with Gasteiger partial charge < -0.3 is 9.47 Å². The van der Waals surface area contributed by atoms with Gasteiger partial charge in [-0.2, -0.15) is 4.57 Å². The van der Waals surface area contributed by atoms with E-state index < -0.39 is 0 Å². The van der Waals surface area contributed by atoms with Crippen LogP contribution in [0.4, 0.5) is 5.82 Å². The fourth-order valence-electron chi connectivity index (χ4n) is 3.74. The summed E-state index contributed by atoms with van der Waals surface area (Å²) in [6.07, 6.45) is 5.66. The molecular formula is C20H22N3+. The van der Waals surface area contributed by atoms with Crippen LogP contribution in [0.3, 0.4) is 0 Å². The summed E-state index contributed by atoms with van der Waals surface area (Å²) in [7, 11) is 6.39. The number of anilines is 1. The van der Waals surface area contributed by atoms with Crippen molar-refractivity contribution in [2.75, 3.05) is 19.0 Å². The van der Waals surface area contributed by atoms with Gasteiger partial charge in [0.1, 0.15) is 5.82 Å². The molecule has 0 atom stereocenters. The molecule has 0 unspecified atom stereocenters. The molecule has 3 heterocycles. The molecule has 23 heavy (non-hydrogen) atoms. The van der Waals surface area contributed by atoms with Crippen LogP contribution in [0.5, 0.6) is 0 Å². The highest BCUT2D eigenvalue weighted by Gasteiger charge is 2.24. The number of fused-ring (bicyclic) bond motifs is 2. The molecule has 2 aromatic heterocycles. The molecule has 0 fully saturated rings. The van der Waals surface area contributed by atoms with Crippen LogP contribution in [0, 0.1) is 0 Å². The molecule has 4 rings (SSSR count). The second kappa shape index (κ2) is 5.27. The number of aryl methyl sites for hydroxylation is 2. The van der Waals surface area contributed by atoms with E-state index in [9.17, 15) is 0 Å². The molecule has 0 saturated heterocycles. The summed E-state index contributed by atoms with van der Waals surface area (Å²) in [5.41, 5.74) is 5.36. The minimum Gasteiger partial charge on any atom is -0.364 e. The van der Waals surface area contributed by atoms with E-state index in [4.69, 9.17) is 0 Å². The van der Waals surface area contributed by atoms with Crippen molar-refractivity contribution in [2.45, 2.75) is 13.0 Å². The minimum atomic E-state index is 1.07. The zero-order chi connectivity index (χ0) is 16.0. The zero-order valence-corrected chi connectivity index (χ0v) is 14.0. The lowest BCUT2D eigenvalue weighted by atomic mass is 10.1. The summed E-state index contributed by atoms with van der Waals surface area (Å²) < 4.78 is 4.63. The highest BCUT2D eigenvalue weighted by molar-refractivity contribution is 6.00. The highest BCUT2D eigenvalue weighted by atomic mass is 15.2. The standard InChI is InChI=1S/C20H22N3/c1-21(2)20-17(16-8-4-5-10-19(16)22(20)3)14-15-11-13-23-12-7-6-9-18(15)23/h4-10,12,14H,11,13H2,1-3H3/q+1. The maximum Gasteiger partial charge on any atom is 0.208 e. The van der Waals surface area contributed by atoms with Gasteiger partial charge in [0.2, 0.25) is 5.69 Å². The minimum absolute atomic E-state index is 1.07. The molecule has 0 N–H and O–H groups in total. The van der Waals surface area contributed by atoms with Gasteiger partial charge in [-0.05, 0) is 18.2 Å². The number of aromatic nitrogens is 2. The van der Waals surface area contributed by atoms with Gasteiger partial charge in [-0.25, -0.2) is 0 Å². The van der Waals surface area contributed by atoms with Gasteiger partial charge in [-0.15, -0.1) is 0 Å². The summed E-state index contributed by atoms with van der Waals surface area (Å²) in [6, 6.07) is 15.1. The quantitative estimate of drug-likeness (QED) is 0.660. The molecule has 3 heteroatoms. The molecule has 1 aromatic carbocycles. The molecule has 0 saturated carbocycles. The molecule has 3 aromatic rings. The Bertz CT molecular complexity index is 916. The average Bonchev–Trinajstić information content (AvgIpc) is 3.09. The highest BCUT2D eigenvalue weighted by Crippen LogP contribution is 2.35. The van der Waals surface area contributed by atoms with Gasteiger partial charge in [0.05, 0.1) is 0 Å². The number of nitrogens with zero attached hydrogens (tertiary/aromatic N) is 3. The number of pyridine rings is 1. The van der Waals surface area contributed by atoms with E-state index in [-0.39, 0.29) is 0 Å². The first-order chi connectivity index (χ1) is 11.2. The molecule has 0 radical (unpaired) electrons. The van der Waals surface area contributed by atoms with Crippen LogP contribution in [0.25, 0.3) is 22.6 Å². The van der Waals surface area contributed by atoms with E-state index in [2.05, 4.69) is 89.9 Å². The van der Waals surface area contributed by atoms with Gasteiger partial charge in [-0.3, -0.25) is 0 Å². The Hall–Kier alpha value is -2.55. The normalized spacial score (nSPS) is 15.3. The van der Waals surface area contributed by atoms with E-state index in [1.165, 1.54) is 33.6 Å². The molecular weight excluding hydrogens is 282 g/mol. The number of rotatable bonds is 2. The SMILES string of the molecule is CN(C)c1c(/C=C2\CC[n+]3ccccc32)c2ccccc2n1C. The topological polar surface area (TPSA) is 12.1 Å². The molecule has 1 aliphatic rings. The van der Waals surface area contributed by atoms with Gasteiger partial charge >= 0.3 is 0 Å². The van der Waals surface area contributed by atoms with Crippen molar-refractivity contribution < 1.29 is 4.57 Å². The molecule has 0 aliphatic carbocycles. The van der Waals surface area contributed by atoms with Crippen LogP contribution in [0.1, 0.15) is 17.7 Å². The first kappa shape index (κ1) is 14.1. The Kier molecular flexibility index (Phi) is 3.22. The second-order valence-electron chi connectivity index (χ2n) is 6.41. The first-order valence-corrected chi connectivity index (χ1v) is 8.11. The third-order valence-electron chi connectivity index (χ3n) is 4.75. The van der Waals surface area contributed by atoms with Crippen LogP contribution >= 0.6 is 0 Å². The van der Waals surface area contributed by atoms with Gasteiger partial charge in [0.15, 0.2) is 12.7 Å². The number of hydrogen-bond donors (Lipinski definition) is 0. The van der Waals surface area contributed by atoms with E-state index >= 15 is 0 Å². The van der Waals surface area contributed by atoms with Crippen molar-refractivity contribution in [2.24, 2.45) is 7.05 Å². The van der Waals surface area contributed by atoms with E-state index in [1.54, 1.807) is 0 Å². The first-order valence-electron chi connectivity index (χ1n) is 8.11.